The smallest absolute Gasteiger partial charge is 0.224 e. The Morgan fingerprint density at radius 2 is 1.14 bits per heavy atom. The zero-order valence-corrected chi connectivity index (χ0v) is 78.4. The molecule has 1 aliphatic rings. The van der Waals surface area contributed by atoms with Crippen molar-refractivity contribution in [3.63, 3.8) is 0 Å². The van der Waals surface area contributed by atoms with Gasteiger partial charge in [0.2, 0.25) is 23.5 Å². The third-order valence-electron chi connectivity index (χ3n) is 17.2. The second kappa shape index (κ2) is 49.3. The van der Waals surface area contributed by atoms with Crippen molar-refractivity contribution < 1.29 is 52.2 Å². The Kier molecular flexibility index (Phi) is 38.3. The number of aromatic amines is 1. The molecule has 0 atom stereocenters. The maximum Gasteiger partial charge on any atom is 0.224 e. The predicted octanol–water partition coefficient (Wildman–Crippen LogP) is 22.4. The topological polar surface area (TPSA) is 283 Å². The minimum absolute atomic E-state index is 0.0500. The summed E-state index contributed by atoms with van der Waals surface area (Å²) >= 11 is 19.9. The number of H-pyrrole nitrogens is 1. The van der Waals surface area contributed by atoms with Crippen LogP contribution in [0, 0.1) is 5.92 Å². The van der Waals surface area contributed by atoms with Gasteiger partial charge in [0.1, 0.15) is 69.4 Å². The van der Waals surface area contributed by atoms with E-state index in [1.54, 1.807) is 63.1 Å². The highest BCUT2D eigenvalue weighted by Crippen LogP contribution is 2.37. The monoisotopic (exact) mass is 1790 g/mol. The molecule has 1 saturated heterocycles. The number of benzene rings is 7. The Labute approximate surface area is 755 Å². The average molecular weight is 1800 g/mol. The lowest BCUT2D eigenvalue weighted by atomic mass is 10.1. The molecule has 0 bridgehead atoms. The van der Waals surface area contributed by atoms with E-state index in [2.05, 4.69) is 100 Å². The van der Waals surface area contributed by atoms with Crippen LogP contribution in [-0.4, -0.2) is 168 Å². The van der Waals surface area contributed by atoms with Crippen molar-refractivity contribution in [3.8, 4) is 63.7 Å². The van der Waals surface area contributed by atoms with Gasteiger partial charge in [-0.15, -0.1) is 16.4 Å². The molecule has 7 aromatic carbocycles. The molecule has 26 nitrogen and oxygen atoms in total. The van der Waals surface area contributed by atoms with Gasteiger partial charge in [0.05, 0.1) is 114 Å². The molecule has 15 aromatic rings. The number of fused-ring (bicyclic) bond motifs is 7. The lowest BCUT2D eigenvalue weighted by Gasteiger charge is -2.26. The second-order valence-electron chi connectivity index (χ2n) is 31.1. The van der Waals surface area contributed by atoms with Gasteiger partial charge >= 0.3 is 0 Å². The van der Waals surface area contributed by atoms with E-state index in [4.69, 9.17) is 87.0 Å². The number of morpholine rings is 1. The summed E-state index contributed by atoms with van der Waals surface area (Å²) in [5, 5.41) is 30.9. The Balaban J connectivity index is 0.000000166. The average Bonchev–Trinajstić information content (AvgIpc) is 1.09. The van der Waals surface area contributed by atoms with Crippen LogP contribution in [0.4, 0.5) is 5.13 Å². The summed E-state index contributed by atoms with van der Waals surface area (Å²) in [6.45, 7) is 42.1. The van der Waals surface area contributed by atoms with Gasteiger partial charge in [-0.1, -0.05) is 103 Å². The molecule has 126 heavy (non-hydrogen) atoms. The predicted molar refractivity (Wildman–Crippen MR) is 509 cm³/mol. The van der Waals surface area contributed by atoms with E-state index in [1.165, 1.54) is 22.5 Å². The zero-order valence-electron chi connectivity index (χ0n) is 75.3. The quantitative estimate of drug-likeness (QED) is 0.0601. The SMILES string of the molecule is CC(C)C.CC(C)Nc1nc(-c2cc(=O)c3cccc(Cl)c3[nH]2)cs1.CC(C)Oc1ccnc2c(Cl)cccc12.CC(C)Oc1nccc2cc(OCCN3CCOCC3)ccc12.CC(C)On1nnc2ccccc21.CCOc1cc2ccccc2c(OC(C)C)n1.COc1ccc2c(OC(C)C)cnnc2c1.COc1ccc2c(OC(C)C)ncnc2c1Cl. The Morgan fingerprint density at radius 1 is 0.524 bits per heavy atom. The number of ether oxygens (including phenoxy) is 10. The standard InChI is InChI=1S/C18H24N2O3.C15H14ClN3OS.C14H17NO2.C12H13ClN2O2.C12H12ClNO.C12H14N2O2.C9H11N3O.C4H10/c1-14(2)23-18-17-4-3-16(13-15(17)5-6-19-18)22-12-9-20-7-10-21-11-8-20;1-8(2)17-15-19-12(7-21-15)11-6-13(20)9-4-3-5-10(16)14(9)18-11;1-4-16-13-9-11-7-5-6-8-12(11)14(15-13)17-10(2)3;1-7(2)17-12-8-4-5-9(16-3)10(13)11(8)14-6-15-12;1-8(2)15-11-6-7-14-12-9(11)4-3-5-10(12)13;1-8(2)16-12-7-13-14-11-6-9(15-3)4-5-10(11)12;1-7(2)13-12-9-6-4-3-5-8(9)10-11-12;1-4(2)3/h3-6,13-14H,7-12H2,1-2H3;3-8H,1-2H3,(H,17,19)(H,18,20);5-10H,4H2,1-3H3;4-7H,1-3H3;3-8H,1-2H3;4-8H,1-3H3;3-7H,1-2H3;4H,1-3H3. The van der Waals surface area contributed by atoms with Crippen molar-refractivity contribution in [2.24, 2.45) is 5.92 Å². The molecule has 16 rings (SSSR count). The largest absolute Gasteiger partial charge is 0.497 e. The van der Waals surface area contributed by atoms with Crippen molar-refractivity contribution >= 4 is 127 Å². The number of nitrogens with one attached hydrogen (secondary N) is 2. The summed E-state index contributed by atoms with van der Waals surface area (Å²) in [7, 11) is 3.20. The molecule has 8 aromatic heterocycles. The van der Waals surface area contributed by atoms with Gasteiger partial charge in [-0.25, -0.2) is 19.9 Å². The highest BCUT2D eigenvalue weighted by molar-refractivity contribution is 7.14. The number of aromatic nitrogens is 12. The van der Waals surface area contributed by atoms with Gasteiger partial charge in [-0.2, -0.15) is 15.2 Å². The normalized spacial score (nSPS) is 11.8. The van der Waals surface area contributed by atoms with Gasteiger partial charge in [0, 0.05) is 88.6 Å². The zero-order chi connectivity index (χ0) is 90.9. The van der Waals surface area contributed by atoms with Gasteiger partial charge in [0.25, 0.3) is 0 Å². The minimum Gasteiger partial charge on any atom is -0.497 e. The maximum absolute atomic E-state index is 12.2. The number of rotatable bonds is 23. The molecule has 9 heterocycles. The van der Waals surface area contributed by atoms with Crippen LogP contribution in [0.15, 0.2) is 193 Å². The van der Waals surface area contributed by atoms with Crippen molar-refractivity contribution in [2.75, 3.05) is 65.6 Å². The summed E-state index contributed by atoms with van der Waals surface area (Å²) in [5.74, 6) is 7.12. The van der Waals surface area contributed by atoms with E-state index < -0.39 is 0 Å². The molecular weight excluding hydrogens is 1680 g/mol. The van der Waals surface area contributed by atoms with Crippen molar-refractivity contribution in [3.05, 3.63) is 213 Å². The molecule has 0 saturated carbocycles. The fourth-order valence-corrected chi connectivity index (χ4v) is 13.6. The van der Waals surface area contributed by atoms with Crippen LogP contribution in [0.1, 0.15) is 125 Å². The van der Waals surface area contributed by atoms with Gasteiger partial charge in [-0.3, -0.25) is 14.7 Å². The molecule has 1 aliphatic heterocycles. The first-order valence-electron chi connectivity index (χ1n) is 42.0. The van der Waals surface area contributed by atoms with Crippen LogP contribution < -0.4 is 58.2 Å². The van der Waals surface area contributed by atoms with E-state index in [0.29, 0.717) is 85.7 Å². The van der Waals surface area contributed by atoms with Gasteiger partial charge in [-0.05, 0) is 223 Å². The number of thiazole rings is 1. The van der Waals surface area contributed by atoms with Crippen LogP contribution in [0.3, 0.4) is 0 Å². The number of hydrogen-bond donors (Lipinski definition) is 2. The first-order valence-corrected chi connectivity index (χ1v) is 44.0. The number of halogens is 3. The van der Waals surface area contributed by atoms with E-state index in [0.717, 1.165) is 132 Å². The van der Waals surface area contributed by atoms with Gasteiger partial charge in [0.15, 0.2) is 10.6 Å². The molecule has 0 amide bonds. The third-order valence-corrected chi connectivity index (χ3v) is 19.0. The van der Waals surface area contributed by atoms with E-state index >= 15 is 0 Å². The van der Waals surface area contributed by atoms with Crippen LogP contribution in [0.25, 0.3) is 87.6 Å². The first kappa shape index (κ1) is 98.1. The molecule has 668 valence electrons. The lowest BCUT2D eigenvalue weighted by molar-refractivity contribution is 0.0322. The van der Waals surface area contributed by atoms with E-state index in [9.17, 15) is 4.79 Å². The fraction of sp³-hybridized carbons (Fsp3) is 0.365. The number of nitrogens with zero attached hydrogens (tertiary/aromatic N) is 12. The van der Waals surface area contributed by atoms with Crippen LogP contribution in [0.2, 0.25) is 15.1 Å². The molecule has 0 spiro atoms. The van der Waals surface area contributed by atoms with Crippen molar-refractivity contribution in [1.82, 2.24) is 65.1 Å². The van der Waals surface area contributed by atoms with E-state index in [-0.39, 0.29) is 42.1 Å². The molecule has 1 fully saturated rings. The molecule has 0 unspecified atom stereocenters. The molecule has 30 heteroatoms. The Morgan fingerprint density at radius 3 is 1.83 bits per heavy atom. The Bertz CT molecular complexity index is 5990. The van der Waals surface area contributed by atoms with Crippen LogP contribution in [0.5, 0.6) is 52.3 Å². The summed E-state index contributed by atoms with van der Waals surface area (Å²) in [4.78, 5) is 50.3. The minimum atomic E-state index is -0.0624. The Hall–Kier alpha value is -11.7. The summed E-state index contributed by atoms with van der Waals surface area (Å²) in [5.41, 5.74) is 5.95. The summed E-state index contributed by atoms with van der Waals surface area (Å²) in [6, 6.07) is 49.7. The molecular formula is C96H115Cl3N14O12S. The highest BCUT2D eigenvalue weighted by Gasteiger charge is 2.18. The molecule has 0 aliphatic carbocycles. The number of pyridine rings is 4. The highest BCUT2D eigenvalue weighted by atomic mass is 35.5. The van der Waals surface area contributed by atoms with Gasteiger partial charge < -0.3 is 62.5 Å². The van der Waals surface area contributed by atoms with E-state index in [1.807, 2.05) is 223 Å². The second-order valence-corrected chi connectivity index (χ2v) is 33.2. The fourth-order valence-electron chi connectivity index (χ4n) is 12.0. The van der Waals surface area contributed by atoms with Crippen molar-refractivity contribution in [2.45, 2.75) is 167 Å². The first-order chi connectivity index (χ1) is 60.5. The van der Waals surface area contributed by atoms with Crippen LogP contribution >= 0.6 is 46.1 Å². The number of anilines is 1. The molecule has 2 N–H and O–H groups in total. The maximum atomic E-state index is 12.2. The number of hydrogen-bond acceptors (Lipinski definition) is 25. The van der Waals surface area contributed by atoms with Crippen molar-refractivity contribution in [1.29, 1.82) is 0 Å². The summed E-state index contributed by atoms with van der Waals surface area (Å²) < 4.78 is 55.4. The third kappa shape index (κ3) is 29.7. The lowest BCUT2D eigenvalue weighted by Crippen LogP contribution is -2.38. The number of methoxy groups -OCH3 is 2. The number of para-hydroxylation sites is 3. The summed E-state index contributed by atoms with van der Waals surface area (Å²) in [6.07, 6.45) is 7.19. The molecule has 0 radical (unpaired) electrons. The van der Waals surface area contributed by atoms with Crippen LogP contribution in [-0.2, 0) is 4.74 Å².